The van der Waals surface area contributed by atoms with Crippen LogP contribution < -0.4 is 10.6 Å². The molecule has 0 aliphatic rings. The van der Waals surface area contributed by atoms with Crippen LogP contribution in [0.5, 0.6) is 0 Å². The second kappa shape index (κ2) is 7.17. The van der Waals surface area contributed by atoms with E-state index in [2.05, 4.69) is 20.6 Å². The van der Waals surface area contributed by atoms with Crippen molar-refractivity contribution in [2.75, 3.05) is 5.32 Å². The van der Waals surface area contributed by atoms with Gasteiger partial charge in [0.1, 0.15) is 6.04 Å². The lowest BCUT2D eigenvalue weighted by molar-refractivity contribution is -0.125. The molecule has 3 aromatic rings. The number of nitrogens with one attached hydrogen (secondary N) is 3. The van der Waals surface area contributed by atoms with Gasteiger partial charge < -0.3 is 10.3 Å². The summed E-state index contributed by atoms with van der Waals surface area (Å²) in [6, 6.07) is 14.6. The van der Waals surface area contributed by atoms with Crippen LogP contribution in [0.3, 0.4) is 0 Å². The molecule has 2 amide bonds. The Balaban J connectivity index is 1.56. The van der Waals surface area contributed by atoms with E-state index in [-0.39, 0.29) is 18.2 Å². The number of H-pyrrole nitrogens is 1. The first-order chi connectivity index (χ1) is 12.0. The third kappa shape index (κ3) is 4.23. The highest BCUT2D eigenvalue weighted by Gasteiger charge is 2.17. The molecule has 3 rings (SSSR count). The van der Waals surface area contributed by atoms with Gasteiger partial charge >= 0.3 is 0 Å². The van der Waals surface area contributed by atoms with Gasteiger partial charge in [-0.05, 0) is 31.5 Å². The molecule has 0 bridgehead atoms. The van der Waals surface area contributed by atoms with Crippen molar-refractivity contribution >= 4 is 28.8 Å². The summed E-state index contributed by atoms with van der Waals surface area (Å²) in [4.78, 5) is 31.6. The van der Waals surface area contributed by atoms with Gasteiger partial charge in [0.2, 0.25) is 17.8 Å². The van der Waals surface area contributed by atoms with Crippen LogP contribution >= 0.6 is 0 Å². The van der Waals surface area contributed by atoms with E-state index in [0.29, 0.717) is 5.95 Å². The molecule has 0 unspecified atom stereocenters. The molecule has 1 aromatic heterocycles. The molecule has 0 spiro atoms. The fraction of sp³-hybridized carbons (Fsp3) is 0.211. The first kappa shape index (κ1) is 16.7. The fourth-order valence-electron chi connectivity index (χ4n) is 2.49. The maximum Gasteiger partial charge on any atom is 0.248 e. The molecule has 0 saturated heterocycles. The third-order valence-corrected chi connectivity index (χ3v) is 3.89. The number of aryl methyl sites for hydroxylation is 1. The van der Waals surface area contributed by atoms with Crippen molar-refractivity contribution in [2.45, 2.75) is 26.3 Å². The molecule has 6 nitrogen and oxygen atoms in total. The highest BCUT2D eigenvalue weighted by Crippen LogP contribution is 2.13. The molecule has 0 saturated carbocycles. The number of carbonyl (C=O) groups excluding carboxylic acids is 2. The van der Waals surface area contributed by atoms with Crippen LogP contribution in [0.15, 0.2) is 48.5 Å². The van der Waals surface area contributed by atoms with Crippen LogP contribution in [-0.2, 0) is 16.0 Å². The zero-order valence-corrected chi connectivity index (χ0v) is 14.2. The Morgan fingerprint density at radius 3 is 2.56 bits per heavy atom. The smallest absolute Gasteiger partial charge is 0.248 e. The van der Waals surface area contributed by atoms with E-state index in [4.69, 9.17) is 0 Å². The summed E-state index contributed by atoms with van der Waals surface area (Å²) in [6.45, 7) is 3.64. The molecule has 0 radical (unpaired) electrons. The predicted molar refractivity (Wildman–Crippen MR) is 97.2 cm³/mol. The number of carbonyl (C=O) groups is 2. The maximum absolute atomic E-state index is 12.2. The Bertz CT molecular complexity index is 866. The number of amides is 2. The number of hydrogen-bond donors (Lipinski definition) is 3. The number of fused-ring (bicyclic) bond motifs is 1. The van der Waals surface area contributed by atoms with E-state index in [1.807, 2.05) is 55.5 Å². The van der Waals surface area contributed by atoms with Crippen molar-refractivity contribution in [1.29, 1.82) is 0 Å². The van der Waals surface area contributed by atoms with E-state index in [1.165, 1.54) is 0 Å². The minimum Gasteiger partial charge on any atom is -0.344 e. The molecule has 6 heteroatoms. The van der Waals surface area contributed by atoms with Crippen molar-refractivity contribution in [3.63, 3.8) is 0 Å². The summed E-state index contributed by atoms with van der Waals surface area (Å²) in [5.41, 5.74) is 3.67. The Morgan fingerprint density at radius 2 is 1.84 bits per heavy atom. The molecular formula is C19H20N4O2. The molecule has 2 aromatic carbocycles. The lowest BCUT2D eigenvalue weighted by Crippen LogP contribution is -2.42. The first-order valence-electron chi connectivity index (χ1n) is 8.12. The monoisotopic (exact) mass is 336 g/mol. The minimum atomic E-state index is -0.661. The van der Waals surface area contributed by atoms with Crippen LogP contribution in [0.2, 0.25) is 0 Å². The van der Waals surface area contributed by atoms with Gasteiger partial charge in [-0.25, -0.2) is 4.98 Å². The lowest BCUT2D eigenvalue weighted by atomic mass is 10.1. The van der Waals surface area contributed by atoms with Gasteiger partial charge in [0.15, 0.2) is 0 Å². The average Bonchev–Trinajstić information content (AvgIpc) is 2.99. The summed E-state index contributed by atoms with van der Waals surface area (Å²) in [5, 5.41) is 5.39. The van der Waals surface area contributed by atoms with Gasteiger partial charge in [-0.15, -0.1) is 0 Å². The van der Waals surface area contributed by atoms with Gasteiger partial charge in [0.25, 0.3) is 0 Å². The molecule has 0 aliphatic carbocycles. The number of nitrogens with zero attached hydrogens (tertiary/aromatic N) is 1. The van der Waals surface area contributed by atoms with E-state index in [1.54, 1.807) is 6.92 Å². The van der Waals surface area contributed by atoms with E-state index in [0.717, 1.165) is 22.2 Å². The van der Waals surface area contributed by atoms with Gasteiger partial charge in [0.05, 0.1) is 17.5 Å². The Labute approximate surface area is 145 Å². The summed E-state index contributed by atoms with van der Waals surface area (Å²) < 4.78 is 0. The van der Waals surface area contributed by atoms with E-state index < -0.39 is 6.04 Å². The van der Waals surface area contributed by atoms with Crippen molar-refractivity contribution in [1.82, 2.24) is 15.3 Å². The Hall–Kier alpha value is -3.15. The van der Waals surface area contributed by atoms with Gasteiger partial charge in [0, 0.05) is 0 Å². The second-order valence-electron chi connectivity index (χ2n) is 6.04. The van der Waals surface area contributed by atoms with Gasteiger partial charge in [-0.2, -0.15) is 0 Å². The lowest BCUT2D eigenvalue weighted by Gasteiger charge is -2.13. The molecule has 25 heavy (non-hydrogen) atoms. The number of benzene rings is 2. The standard InChI is InChI=1S/C19H20N4O2/c1-12-7-9-14(10-8-12)11-17(24)20-13(2)18(25)23-19-21-15-5-3-4-6-16(15)22-19/h3-10,13H,11H2,1-2H3,(H,20,24)(H2,21,22,23,25)/t13-/m1/s1. The Kier molecular flexibility index (Phi) is 4.79. The molecule has 3 N–H and O–H groups in total. The Morgan fingerprint density at radius 1 is 1.12 bits per heavy atom. The largest absolute Gasteiger partial charge is 0.344 e. The van der Waals surface area contributed by atoms with Crippen molar-refractivity contribution in [3.05, 3.63) is 59.7 Å². The highest BCUT2D eigenvalue weighted by molar-refractivity contribution is 5.97. The molecule has 1 atom stereocenters. The number of imidazole rings is 1. The number of hydrogen-bond acceptors (Lipinski definition) is 3. The van der Waals surface area contributed by atoms with Crippen LogP contribution in [0.1, 0.15) is 18.1 Å². The van der Waals surface area contributed by atoms with Crippen LogP contribution in [0.25, 0.3) is 11.0 Å². The molecular weight excluding hydrogens is 316 g/mol. The average molecular weight is 336 g/mol. The molecule has 0 fully saturated rings. The number of aromatic nitrogens is 2. The quantitative estimate of drug-likeness (QED) is 0.669. The topological polar surface area (TPSA) is 86.9 Å². The van der Waals surface area contributed by atoms with Crippen molar-refractivity contribution < 1.29 is 9.59 Å². The molecule has 128 valence electrons. The number of rotatable bonds is 5. The van der Waals surface area contributed by atoms with Crippen molar-refractivity contribution in [3.8, 4) is 0 Å². The number of aromatic amines is 1. The van der Waals surface area contributed by atoms with Crippen LogP contribution in [0.4, 0.5) is 5.95 Å². The number of para-hydroxylation sites is 2. The number of anilines is 1. The summed E-state index contributed by atoms with van der Waals surface area (Å²) in [7, 11) is 0. The summed E-state index contributed by atoms with van der Waals surface area (Å²) in [5.74, 6) is -0.154. The SMILES string of the molecule is Cc1ccc(CC(=O)N[C@H](C)C(=O)Nc2nc3ccccc3[nH]2)cc1. The highest BCUT2D eigenvalue weighted by atomic mass is 16.2. The van der Waals surface area contributed by atoms with Gasteiger partial charge in [-0.3, -0.25) is 14.9 Å². The third-order valence-electron chi connectivity index (χ3n) is 3.89. The summed E-state index contributed by atoms with van der Waals surface area (Å²) in [6.07, 6.45) is 0.239. The molecule has 1 heterocycles. The molecule has 0 aliphatic heterocycles. The normalized spacial score (nSPS) is 11.9. The predicted octanol–water partition coefficient (Wildman–Crippen LogP) is 2.56. The fourth-order valence-corrected chi connectivity index (χ4v) is 2.49. The van der Waals surface area contributed by atoms with Gasteiger partial charge in [-0.1, -0.05) is 42.0 Å². The zero-order chi connectivity index (χ0) is 17.8. The van der Waals surface area contributed by atoms with Crippen molar-refractivity contribution in [2.24, 2.45) is 0 Å². The maximum atomic E-state index is 12.2. The zero-order valence-electron chi connectivity index (χ0n) is 14.2. The minimum absolute atomic E-state index is 0.198. The second-order valence-corrected chi connectivity index (χ2v) is 6.04. The van der Waals surface area contributed by atoms with E-state index in [9.17, 15) is 9.59 Å². The first-order valence-corrected chi connectivity index (χ1v) is 8.12. The van der Waals surface area contributed by atoms with Crippen LogP contribution in [0, 0.1) is 6.92 Å². The van der Waals surface area contributed by atoms with E-state index >= 15 is 0 Å². The van der Waals surface area contributed by atoms with Crippen LogP contribution in [-0.4, -0.2) is 27.8 Å². The summed E-state index contributed by atoms with van der Waals surface area (Å²) >= 11 is 0.